The van der Waals surface area contributed by atoms with Crippen LogP contribution in [0.5, 0.6) is 28.7 Å². The Bertz CT molecular complexity index is 1020. The normalized spacial score (nSPS) is 16.7. The van der Waals surface area contributed by atoms with Crippen molar-refractivity contribution < 1.29 is 23.7 Å². The summed E-state index contributed by atoms with van der Waals surface area (Å²) in [5, 5.41) is 0. The lowest BCUT2D eigenvalue weighted by Gasteiger charge is -2.35. The van der Waals surface area contributed by atoms with Crippen LogP contribution in [0.3, 0.4) is 0 Å². The van der Waals surface area contributed by atoms with E-state index in [0.29, 0.717) is 17.2 Å². The fourth-order valence-corrected chi connectivity index (χ4v) is 5.09. The van der Waals surface area contributed by atoms with Crippen LogP contribution < -0.4 is 23.7 Å². The van der Waals surface area contributed by atoms with E-state index < -0.39 is 0 Å². The highest BCUT2D eigenvalue weighted by atomic mass is 16.5. The largest absolute Gasteiger partial charge is 0.493 e. The Hall–Kier alpha value is -2.90. The topological polar surface area (TPSA) is 52.6 Å². The van der Waals surface area contributed by atoms with E-state index in [1.165, 1.54) is 22.3 Å². The molecule has 7 heteroatoms. The van der Waals surface area contributed by atoms with Crippen molar-refractivity contribution in [3.63, 3.8) is 0 Å². The molecule has 0 radical (unpaired) electrons. The molecule has 0 spiro atoms. The van der Waals surface area contributed by atoms with Gasteiger partial charge in [0.2, 0.25) is 5.75 Å². The van der Waals surface area contributed by atoms with Crippen molar-refractivity contribution in [2.24, 2.45) is 0 Å². The minimum absolute atomic E-state index is 0.637. The van der Waals surface area contributed by atoms with Gasteiger partial charge in [-0.1, -0.05) is 11.6 Å². The SMILES string of the molecule is COc1cc2c(cc1OC)CCCC(CN1CCN(Cc3cc(OC)c(OC)c(OC)c3)CC1)=C2. The van der Waals surface area contributed by atoms with Gasteiger partial charge < -0.3 is 23.7 Å². The molecular weight excluding hydrogens is 444 g/mol. The molecule has 190 valence electrons. The number of fused-ring (bicyclic) bond motifs is 1. The number of methoxy groups -OCH3 is 5. The minimum atomic E-state index is 0.637. The Labute approximate surface area is 209 Å². The average molecular weight is 483 g/mol. The molecule has 2 aromatic rings. The molecule has 0 bridgehead atoms. The molecule has 1 aliphatic carbocycles. The number of hydrogen-bond donors (Lipinski definition) is 0. The van der Waals surface area contributed by atoms with E-state index in [9.17, 15) is 0 Å². The molecular formula is C28H38N2O5. The van der Waals surface area contributed by atoms with Crippen LogP contribution in [0.1, 0.15) is 29.5 Å². The Kier molecular flexibility index (Phi) is 8.42. The summed E-state index contributed by atoms with van der Waals surface area (Å²) in [7, 11) is 8.35. The molecule has 7 nitrogen and oxygen atoms in total. The molecule has 2 aliphatic rings. The molecule has 2 aromatic carbocycles. The van der Waals surface area contributed by atoms with Crippen molar-refractivity contribution in [3.05, 3.63) is 46.5 Å². The van der Waals surface area contributed by atoms with Gasteiger partial charge in [0.05, 0.1) is 35.5 Å². The monoisotopic (exact) mass is 482 g/mol. The van der Waals surface area contributed by atoms with Crippen LogP contribution in [0.15, 0.2) is 29.8 Å². The van der Waals surface area contributed by atoms with Crippen LogP contribution in [-0.4, -0.2) is 78.1 Å². The van der Waals surface area contributed by atoms with E-state index in [2.05, 4.69) is 28.0 Å². The zero-order valence-corrected chi connectivity index (χ0v) is 21.7. The van der Waals surface area contributed by atoms with Crippen LogP contribution in [0.25, 0.3) is 6.08 Å². The van der Waals surface area contributed by atoms with Crippen molar-refractivity contribution in [1.82, 2.24) is 9.80 Å². The molecule has 1 heterocycles. The van der Waals surface area contributed by atoms with Gasteiger partial charge in [-0.2, -0.15) is 0 Å². The van der Waals surface area contributed by atoms with Crippen molar-refractivity contribution in [3.8, 4) is 28.7 Å². The molecule has 1 aliphatic heterocycles. The van der Waals surface area contributed by atoms with Crippen molar-refractivity contribution in [2.75, 3.05) is 68.3 Å². The summed E-state index contributed by atoms with van der Waals surface area (Å²) in [6, 6.07) is 8.35. The molecule has 35 heavy (non-hydrogen) atoms. The van der Waals surface area contributed by atoms with Crippen molar-refractivity contribution >= 4 is 6.08 Å². The van der Waals surface area contributed by atoms with Crippen LogP contribution in [-0.2, 0) is 13.0 Å². The van der Waals surface area contributed by atoms with Gasteiger partial charge in [-0.05, 0) is 60.2 Å². The minimum Gasteiger partial charge on any atom is -0.493 e. The van der Waals surface area contributed by atoms with E-state index in [4.69, 9.17) is 23.7 Å². The molecule has 0 unspecified atom stereocenters. The summed E-state index contributed by atoms with van der Waals surface area (Å²) in [6.45, 7) is 6.06. The van der Waals surface area contributed by atoms with Gasteiger partial charge in [0.1, 0.15) is 0 Å². The first-order valence-corrected chi connectivity index (χ1v) is 12.3. The van der Waals surface area contributed by atoms with Crippen LogP contribution in [0.4, 0.5) is 0 Å². The summed E-state index contributed by atoms with van der Waals surface area (Å²) in [5.41, 5.74) is 5.26. The Morgan fingerprint density at radius 2 is 1.20 bits per heavy atom. The predicted octanol–water partition coefficient (Wildman–Crippen LogP) is 4.27. The smallest absolute Gasteiger partial charge is 0.203 e. The maximum atomic E-state index is 5.54. The number of benzene rings is 2. The van der Waals surface area contributed by atoms with E-state index >= 15 is 0 Å². The zero-order chi connectivity index (χ0) is 24.8. The lowest BCUT2D eigenvalue weighted by molar-refractivity contribution is 0.134. The van der Waals surface area contributed by atoms with Crippen molar-refractivity contribution in [2.45, 2.75) is 25.8 Å². The van der Waals surface area contributed by atoms with Gasteiger partial charge in [0, 0.05) is 39.3 Å². The average Bonchev–Trinajstić information content (AvgIpc) is 3.09. The van der Waals surface area contributed by atoms with Gasteiger partial charge in [0.15, 0.2) is 23.0 Å². The number of piperazine rings is 1. The quantitative estimate of drug-likeness (QED) is 0.529. The van der Waals surface area contributed by atoms with Crippen LogP contribution >= 0.6 is 0 Å². The number of hydrogen-bond acceptors (Lipinski definition) is 7. The molecule has 4 rings (SSSR count). The lowest BCUT2D eigenvalue weighted by atomic mass is 10.0. The highest BCUT2D eigenvalue weighted by Crippen LogP contribution is 2.38. The second kappa shape index (κ2) is 11.7. The van der Waals surface area contributed by atoms with Crippen LogP contribution in [0.2, 0.25) is 0 Å². The molecule has 0 amide bonds. The molecule has 1 saturated heterocycles. The third-order valence-electron chi connectivity index (χ3n) is 6.97. The Morgan fingerprint density at radius 1 is 0.629 bits per heavy atom. The number of nitrogens with zero attached hydrogens (tertiary/aromatic N) is 2. The van der Waals surface area contributed by atoms with Gasteiger partial charge in [0.25, 0.3) is 0 Å². The highest BCUT2D eigenvalue weighted by Gasteiger charge is 2.21. The molecule has 0 aromatic heterocycles. The lowest BCUT2D eigenvalue weighted by Crippen LogP contribution is -2.46. The van der Waals surface area contributed by atoms with E-state index in [1.807, 2.05) is 12.1 Å². The Balaban J connectivity index is 1.38. The summed E-state index contributed by atoms with van der Waals surface area (Å²) >= 11 is 0. The summed E-state index contributed by atoms with van der Waals surface area (Å²) in [6.07, 6.45) is 5.73. The molecule has 1 fully saturated rings. The van der Waals surface area contributed by atoms with Crippen LogP contribution in [0, 0.1) is 0 Å². The number of aryl methyl sites for hydroxylation is 1. The predicted molar refractivity (Wildman–Crippen MR) is 138 cm³/mol. The molecule has 0 atom stereocenters. The van der Waals surface area contributed by atoms with Crippen molar-refractivity contribution in [1.29, 1.82) is 0 Å². The van der Waals surface area contributed by atoms with E-state index in [1.54, 1.807) is 35.5 Å². The standard InChI is InChI=1S/C28H38N2O5/c1-31-24-16-22-8-6-7-20(13-23(22)17-25(24)32-2)18-29-9-11-30(12-10-29)19-21-14-26(33-3)28(35-5)27(15-21)34-4/h13-17H,6-12,18-19H2,1-5H3. The number of rotatable bonds is 9. The number of ether oxygens (including phenoxy) is 5. The summed E-state index contributed by atoms with van der Waals surface area (Å²) < 4.78 is 27.5. The van der Waals surface area contributed by atoms with Gasteiger partial charge in [-0.3, -0.25) is 9.80 Å². The van der Waals surface area contributed by atoms with Gasteiger partial charge in [-0.25, -0.2) is 0 Å². The van der Waals surface area contributed by atoms with Gasteiger partial charge in [-0.15, -0.1) is 0 Å². The third-order valence-corrected chi connectivity index (χ3v) is 6.97. The fraction of sp³-hybridized carbons (Fsp3) is 0.500. The maximum Gasteiger partial charge on any atom is 0.203 e. The first-order valence-electron chi connectivity index (χ1n) is 12.3. The van der Waals surface area contributed by atoms with E-state index in [0.717, 1.165) is 70.0 Å². The molecule has 0 saturated carbocycles. The van der Waals surface area contributed by atoms with E-state index in [-0.39, 0.29) is 0 Å². The second-order valence-electron chi connectivity index (χ2n) is 9.15. The first kappa shape index (κ1) is 25.2. The fourth-order valence-electron chi connectivity index (χ4n) is 5.09. The summed E-state index contributed by atoms with van der Waals surface area (Å²) in [4.78, 5) is 5.06. The first-order chi connectivity index (χ1) is 17.1. The highest BCUT2D eigenvalue weighted by molar-refractivity contribution is 5.63. The summed E-state index contributed by atoms with van der Waals surface area (Å²) in [5.74, 6) is 3.65. The molecule has 0 N–H and O–H groups in total. The zero-order valence-electron chi connectivity index (χ0n) is 21.7. The van der Waals surface area contributed by atoms with Gasteiger partial charge >= 0.3 is 0 Å². The third kappa shape index (κ3) is 5.85. The Morgan fingerprint density at radius 3 is 1.77 bits per heavy atom. The second-order valence-corrected chi connectivity index (χ2v) is 9.15. The maximum absolute atomic E-state index is 5.54.